The number of hydrogen-bond acceptors (Lipinski definition) is 7. The molecule has 0 spiro atoms. The van der Waals surface area contributed by atoms with E-state index in [-0.39, 0.29) is 5.41 Å². The Bertz CT molecular complexity index is 855. The van der Waals surface area contributed by atoms with Gasteiger partial charge in [-0.2, -0.15) is 5.26 Å². The third-order valence-electron chi connectivity index (χ3n) is 4.76. The average molecular weight is 380 g/mol. The van der Waals surface area contributed by atoms with E-state index in [9.17, 15) is 5.26 Å². The van der Waals surface area contributed by atoms with Crippen LogP contribution >= 0.6 is 0 Å². The van der Waals surface area contributed by atoms with Crippen LogP contribution in [0.5, 0.6) is 0 Å². The quantitative estimate of drug-likeness (QED) is 0.807. The minimum absolute atomic E-state index is 0.133. The fourth-order valence-electron chi connectivity index (χ4n) is 3.30. The first-order valence-corrected chi connectivity index (χ1v) is 9.65. The van der Waals surface area contributed by atoms with Gasteiger partial charge < -0.3 is 14.5 Å². The largest absolute Gasteiger partial charge is 0.378 e. The molecule has 0 aromatic carbocycles. The third-order valence-corrected chi connectivity index (χ3v) is 4.76. The van der Waals surface area contributed by atoms with Crippen molar-refractivity contribution in [3.63, 3.8) is 0 Å². The van der Waals surface area contributed by atoms with Crippen molar-refractivity contribution >= 4 is 11.6 Å². The predicted octanol–water partition coefficient (Wildman–Crippen LogP) is 2.90. The molecule has 7 nitrogen and oxygen atoms in total. The van der Waals surface area contributed by atoms with Gasteiger partial charge in [0.05, 0.1) is 17.9 Å². The van der Waals surface area contributed by atoms with Gasteiger partial charge in [-0.05, 0) is 18.6 Å². The highest BCUT2D eigenvalue weighted by Gasteiger charge is 2.23. The second-order valence-corrected chi connectivity index (χ2v) is 8.04. The lowest BCUT2D eigenvalue weighted by atomic mass is 9.95. The molecule has 28 heavy (non-hydrogen) atoms. The zero-order chi connectivity index (χ0) is 20.1. The first-order chi connectivity index (χ1) is 13.4. The standard InChI is InChI=1S/C21H28N6O/c1-21(2,3)20-24-17(15-28-4)13-18(25-20)26-9-6-10-27(12-11-26)19-16(14-22)7-5-8-23-19/h5,7-8,13H,6,9-12,15H2,1-4H3. The lowest BCUT2D eigenvalue weighted by Crippen LogP contribution is -2.32. The van der Waals surface area contributed by atoms with Crippen LogP contribution in [0.15, 0.2) is 24.4 Å². The van der Waals surface area contributed by atoms with Crippen molar-refractivity contribution in [2.24, 2.45) is 0 Å². The summed E-state index contributed by atoms with van der Waals surface area (Å²) in [7, 11) is 1.68. The summed E-state index contributed by atoms with van der Waals surface area (Å²) in [4.78, 5) is 18.5. The molecule has 1 aliphatic rings. The number of nitrogens with zero attached hydrogens (tertiary/aromatic N) is 6. The van der Waals surface area contributed by atoms with Crippen molar-refractivity contribution in [3.05, 3.63) is 41.5 Å². The lowest BCUT2D eigenvalue weighted by Gasteiger charge is -2.26. The minimum Gasteiger partial charge on any atom is -0.378 e. The molecule has 0 amide bonds. The van der Waals surface area contributed by atoms with E-state index in [1.54, 1.807) is 19.4 Å². The van der Waals surface area contributed by atoms with Gasteiger partial charge in [-0.1, -0.05) is 20.8 Å². The summed E-state index contributed by atoms with van der Waals surface area (Å²) < 4.78 is 5.31. The van der Waals surface area contributed by atoms with Gasteiger partial charge in [0.1, 0.15) is 23.5 Å². The first kappa shape index (κ1) is 20.0. The van der Waals surface area contributed by atoms with Crippen LogP contribution in [0.2, 0.25) is 0 Å². The van der Waals surface area contributed by atoms with E-state index in [2.05, 4.69) is 46.6 Å². The summed E-state index contributed by atoms with van der Waals surface area (Å²) in [5.74, 6) is 2.54. The number of ether oxygens (including phenoxy) is 1. The summed E-state index contributed by atoms with van der Waals surface area (Å²) in [6.45, 7) is 10.2. The average Bonchev–Trinajstić information content (AvgIpc) is 2.93. The number of rotatable bonds is 4. The molecule has 7 heteroatoms. The van der Waals surface area contributed by atoms with Gasteiger partial charge in [0.25, 0.3) is 0 Å². The molecule has 0 N–H and O–H groups in total. The fraction of sp³-hybridized carbons (Fsp3) is 0.524. The van der Waals surface area contributed by atoms with Gasteiger partial charge in [0.15, 0.2) is 0 Å². The molecular formula is C21H28N6O. The maximum absolute atomic E-state index is 9.38. The Balaban J connectivity index is 1.84. The van der Waals surface area contributed by atoms with E-state index in [0.717, 1.165) is 55.8 Å². The highest BCUT2D eigenvalue weighted by atomic mass is 16.5. The van der Waals surface area contributed by atoms with Crippen LogP contribution in [0.25, 0.3) is 0 Å². The second kappa shape index (κ2) is 8.53. The molecule has 0 bridgehead atoms. The summed E-state index contributed by atoms with van der Waals surface area (Å²) in [5, 5.41) is 9.38. The molecule has 0 saturated carbocycles. The van der Waals surface area contributed by atoms with Gasteiger partial charge in [-0.3, -0.25) is 0 Å². The second-order valence-electron chi connectivity index (χ2n) is 8.04. The number of anilines is 2. The van der Waals surface area contributed by atoms with Gasteiger partial charge in [0.2, 0.25) is 0 Å². The molecule has 1 fully saturated rings. The van der Waals surface area contributed by atoms with Crippen LogP contribution in [-0.2, 0) is 16.8 Å². The minimum atomic E-state index is -0.133. The normalized spacial score (nSPS) is 15.2. The number of pyridine rings is 1. The van der Waals surface area contributed by atoms with E-state index in [0.29, 0.717) is 12.2 Å². The Hall–Kier alpha value is -2.72. The number of methoxy groups -OCH3 is 1. The Morgan fingerprint density at radius 3 is 2.61 bits per heavy atom. The van der Waals surface area contributed by atoms with Crippen molar-refractivity contribution in [2.75, 3.05) is 43.1 Å². The van der Waals surface area contributed by atoms with Crippen molar-refractivity contribution in [3.8, 4) is 6.07 Å². The van der Waals surface area contributed by atoms with Gasteiger partial charge in [0, 0.05) is 51.0 Å². The van der Waals surface area contributed by atoms with E-state index in [1.165, 1.54) is 0 Å². The first-order valence-electron chi connectivity index (χ1n) is 9.65. The van der Waals surface area contributed by atoms with Crippen LogP contribution < -0.4 is 9.80 Å². The topological polar surface area (TPSA) is 78.2 Å². The Kier molecular flexibility index (Phi) is 6.10. The zero-order valence-electron chi connectivity index (χ0n) is 17.1. The van der Waals surface area contributed by atoms with Crippen LogP contribution in [0.3, 0.4) is 0 Å². The molecule has 0 atom stereocenters. The Labute approximate surface area is 167 Å². The van der Waals surface area contributed by atoms with Crippen molar-refractivity contribution in [1.82, 2.24) is 15.0 Å². The van der Waals surface area contributed by atoms with Crippen LogP contribution in [0.1, 0.15) is 44.3 Å². The van der Waals surface area contributed by atoms with Crippen molar-refractivity contribution in [1.29, 1.82) is 5.26 Å². The highest BCUT2D eigenvalue weighted by molar-refractivity contribution is 5.54. The molecule has 0 aliphatic carbocycles. The Morgan fingerprint density at radius 1 is 1.14 bits per heavy atom. The number of hydrogen-bond donors (Lipinski definition) is 0. The van der Waals surface area contributed by atoms with Gasteiger partial charge in [-0.15, -0.1) is 0 Å². The summed E-state index contributed by atoms with van der Waals surface area (Å²) in [6.07, 6.45) is 2.71. The molecule has 0 radical (unpaired) electrons. The van der Waals surface area contributed by atoms with Crippen LogP contribution in [0.4, 0.5) is 11.6 Å². The molecular weight excluding hydrogens is 352 g/mol. The molecule has 3 heterocycles. The van der Waals surface area contributed by atoms with E-state index >= 15 is 0 Å². The molecule has 3 rings (SSSR count). The molecule has 148 valence electrons. The molecule has 2 aromatic rings. The monoisotopic (exact) mass is 380 g/mol. The van der Waals surface area contributed by atoms with E-state index in [1.807, 2.05) is 12.1 Å². The van der Waals surface area contributed by atoms with Crippen molar-refractivity contribution in [2.45, 2.75) is 39.2 Å². The van der Waals surface area contributed by atoms with Crippen molar-refractivity contribution < 1.29 is 4.74 Å². The molecule has 1 saturated heterocycles. The summed E-state index contributed by atoms with van der Waals surface area (Å²) in [5.41, 5.74) is 1.39. The summed E-state index contributed by atoms with van der Waals surface area (Å²) in [6, 6.07) is 7.90. The highest BCUT2D eigenvalue weighted by Crippen LogP contribution is 2.24. The van der Waals surface area contributed by atoms with E-state index in [4.69, 9.17) is 9.72 Å². The number of nitriles is 1. The van der Waals surface area contributed by atoms with Gasteiger partial charge in [-0.25, -0.2) is 15.0 Å². The fourth-order valence-corrected chi connectivity index (χ4v) is 3.30. The number of aromatic nitrogens is 3. The van der Waals surface area contributed by atoms with E-state index < -0.39 is 0 Å². The summed E-state index contributed by atoms with van der Waals surface area (Å²) >= 11 is 0. The SMILES string of the molecule is COCc1cc(N2CCCN(c3ncccc3C#N)CC2)nc(C(C)(C)C)n1. The molecule has 0 unspecified atom stereocenters. The Morgan fingerprint density at radius 2 is 1.89 bits per heavy atom. The van der Waals surface area contributed by atoms with Crippen LogP contribution in [-0.4, -0.2) is 48.2 Å². The maximum atomic E-state index is 9.38. The zero-order valence-corrected chi connectivity index (χ0v) is 17.1. The van der Waals surface area contributed by atoms with Crippen LogP contribution in [0, 0.1) is 11.3 Å². The molecule has 2 aromatic heterocycles. The smallest absolute Gasteiger partial charge is 0.146 e. The third kappa shape index (κ3) is 4.57. The lowest BCUT2D eigenvalue weighted by molar-refractivity contribution is 0.181. The predicted molar refractivity (Wildman–Crippen MR) is 109 cm³/mol. The van der Waals surface area contributed by atoms with Gasteiger partial charge >= 0.3 is 0 Å². The molecule has 1 aliphatic heterocycles. The maximum Gasteiger partial charge on any atom is 0.146 e.